The molecule has 0 heterocycles. The largest absolute Gasteiger partial charge is 0.455 e. The van der Waals surface area contributed by atoms with Crippen molar-refractivity contribution in [2.45, 2.75) is 45.9 Å². The second kappa shape index (κ2) is 6.04. The van der Waals surface area contributed by atoms with Gasteiger partial charge in [-0.2, -0.15) is 0 Å². The Morgan fingerprint density at radius 2 is 1.38 bits per heavy atom. The minimum Gasteiger partial charge on any atom is -0.455 e. The number of nitrogens with zero attached hydrogens (tertiary/aromatic N) is 1. The van der Waals surface area contributed by atoms with Gasteiger partial charge in [-0.25, -0.2) is 0 Å². The highest BCUT2D eigenvalue weighted by Crippen LogP contribution is 2.11. The number of ether oxygens (including phenoxy) is 2. The monoisotopic (exact) mass is 233 g/mol. The summed E-state index contributed by atoms with van der Waals surface area (Å²) in [6.07, 6.45) is -1.91. The van der Waals surface area contributed by atoms with Gasteiger partial charge in [-0.05, 0) is 13.8 Å². The molecule has 0 N–H and O–H groups in total. The van der Waals surface area contributed by atoms with E-state index in [2.05, 4.69) is 0 Å². The maximum atomic E-state index is 10.8. The summed E-state index contributed by atoms with van der Waals surface area (Å²) in [5.41, 5.74) is 0. The third kappa shape index (κ3) is 4.72. The predicted octanol–water partition coefficient (Wildman–Crippen LogP) is 0.535. The highest BCUT2D eigenvalue weighted by molar-refractivity contribution is 5.66. The lowest BCUT2D eigenvalue weighted by Gasteiger charge is -2.21. The molecule has 2 atom stereocenters. The highest BCUT2D eigenvalue weighted by atomic mass is 16.6. The highest BCUT2D eigenvalue weighted by Gasteiger charge is 2.38. The van der Waals surface area contributed by atoms with Crippen LogP contribution in [-0.4, -0.2) is 35.1 Å². The molecule has 0 fully saturated rings. The van der Waals surface area contributed by atoms with Gasteiger partial charge in [0.25, 0.3) is 6.04 Å². The molecule has 2 unspecified atom stereocenters. The van der Waals surface area contributed by atoms with Gasteiger partial charge < -0.3 is 9.47 Å². The van der Waals surface area contributed by atoms with E-state index in [-0.39, 0.29) is 0 Å². The van der Waals surface area contributed by atoms with E-state index in [9.17, 15) is 19.7 Å². The zero-order valence-electron chi connectivity index (χ0n) is 9.63. The molecule has 0 radical (unpaired) electrons. The number of esters is 2. The van der Waals surface area contributed by atoms with E-state index in [1.165, 1.54) is 13.8 Å². The van der Waals surface area contributed by atoms with E-state index >= 15 is 0 Å². The molecule has 0 aromatic heterocycles. The molecule has 0 aromatic carbocycles. The summed E-state index contributed by atoms with van der Waals surface area (Å²) in [7, 11) is 0. The lowest BCUT2D eigenvalue weighted by atomic mass is 10.1. The summed E-state index contributed by atoms with van der Waals surface area (Å²) in [4.78, 5) is 31.5. The lowest BCUT2D eigenvalue weighted by Crippen LogP contribution is -2.44. The van der Waals surface area contributed by atoms with Crippen molar-refractivity contribution in [3.05, 3.63) is 10.1 Å². The third-order valence-electron chi connectivity index (χ3n) is 1.91. The fraction of sp³-hybridized carbons (Fsp3) is 0.778. The molecule has 0 rings (SSSR count). The topological polar surface area (TPSA) is 95.7 Å². The quantitative estimate of drug-likeness (QED) is 0.390. The Morgan fingerprint density at radius 3 is 1.56 bits per heavy atom. The summed E-state index contributed by atoms with van der Waals surface area (Å²) < 4.78 is 9.41. The van der Waals surface area contributed by atoms with Crippen LogP contribution in [0.25, 0.3) is 0 Å². The van der Waals surface area contributed by atoms with Crippen LogP contribution in [0, 0.1) is 10.1 Å². The maximum Gasteiger partial charge on any atom is 0.303 e. The zero-order chi connectivity index (χ0) is 12.9. The summed E-state index contributed by atoms with van der Waals surface area (Å²) in [5, 5.41) is 10.8. The minimum absolute atomic E-state index is 0.616. The van der Waals surface area contributed by atoms with Crippen molar-refractivity contribution in [3.63, 3.8) is 0 Å². The van der Waals surface area contributed by atoms with Crippen LogP contribution in [0.5, 0.6) is 0 Å². The van der Waals surface area contributed by atoms with Gasteiger partial charge in [0.1, 0.15) is 0 Å². The van der Waals surface area contributed by atoms with E-state index in [4.69, 9.17) is 9.47 Å². The van der Waals surface area contributed by atoms with Gasteiger partial charge in [-0.15, -0.1) is 0 Å². The third-order valence-corrected chi connectivity index (χ3v) is 1.91. The van der Waals surface area contributed by atoms with Gasteiger partial charge in [-0.1, -0.05) is 0 Å². The zero-order valence-corrected chi connectivity index (χ0v) is 9.63. The van der Waals surface area contributed by atoms with Crippen molar-refractivity contribution in [1.82, 2.24) is 0 Å². The van der Waals surface area contributed by atoms with Gasteiger partial charge in [0.2, 0.25) is 0 Å². The number of carbonyl (C=O) groups is 2. The summed E-state index contributed by atoms with van der Waals surface area (Å²) in [5.74, 6) is -1.23. The molecule has 0 aliphatic rings. The van der Waals surface area contributed by atoms with Crippen molar-refractivity contribution < 1.29 is 24.0 Å². The van der Waals surface area contributed by atoms with E-state index in [1.54, 1.807) is 0 Å². The molecule has 16 heavy (non-hydrogen) atoms. The standard InChI is InChI=1S/C9H15NO6/c1-5(15-7(3)11)9(10(13)14)6(2)16-8(4)12/h5-6,9H,1-4H3. The first kappa shape index (κ1) is 14.3. The Hall–Kier alpha value is -1.66. The molecule has 0 saturated carbocycles. The van der Waals surface area contributed by atoms with E-state index in [0.717, 1.165) is 13.8 Å². The van der Waals surface area contributed by atoms with Gasteiger partial charge in [0, 0.05) is 18.8 Å². The fourth-order valence-electron chi connectivity index (χ4n) is 1.39. The Labute approximate surface area is 92.9 Å². The van der Waals surface area contributed by atoms with E-state index < -0.39 is 35.1 Å². The first-order chi connectivity index (χ1) is 7.25. The fourth-order valence-corrected chi connectivity index (χ4v) is 1.39. The number of hydrogen-bond donors (Lipinski definition) is 0. The minimum atomic E-state index is -1.27. The molecule has 0 spiro atoms. The molecule has 0 aliphatic carbocycles. The van der Waals surface area contributed by atoms with Crippen LogP contribution in [0.1, 0.15) is 27.7 Å². The van der Waals surface area contributed by atoms with Crippen LogP contribution in [0.3, 0.4) is 0 Å². The van der Waals surface area contributed by atoms with Crippen molar-refractivity contribution in [1.29, 1.82) is 0 Å². The Bertz CT molecular complexity index is 268. The number of hydrogen-bond acceptors (Lipinski definition) is 6. The lowest BCUT2D eigenvalue weighted by molar-refractivity contribution is -0.543. The summed E-state index contributed by atoms with van der Waals surface area (Å²) in [6.45, 7) is 5.08. The molecule has 92 valence electrons. The van der Waals surface area contributed by atoms with Gasteiger partial charge in [0.05, 0.1) is 0 Å². The van der Waals surface area contributed by atoms with E-state index in [0.29, 0.717) is 0 Å². The number of nitro groups is 1. The normalized spacial score (nSPS) is 15.8. The predicted molar refractivity (Wildman–Crippen MR) is 53.2 cm³/mol. The number of carbonyl (C=O) groups excluding carboxylic acids is 2. The molecule has 0 aromatic rings. The van der Waals surface area contributed by atoms with Crippen molar-refractivity contribution >= 4 is 11.9 Å². The van der Waals surface area contributed by atoms with E-state index in [1.807, 2.05) is 0 Å². The average Bonchev–Trinajstić information content (AvgIpc) is 1.98. The van der Waals surface area contributed by atoms with Crippen molar-refractivity contribution in [3.8, 4) is 0 Å². The summed E-state index contributed by atoms with van der Waals surface area (Å²) >= 11 is 0. The molecule has 7 nitrogen and oxygen atoms in total. The van der Waals surface area contributed by atoms with Crippen LogP contribution in [-0.2, 0) is 19.1 Å². The second-order valence-corrected chi connectivity index (χ2v) is 3.41. The first-order valence-corrected chi connectivity index (χ1v) is 4.73. The summed E-state index contributed by atoms with van der Waals surface area (Å²) in [6, 6.07) is -1.27. The molecule has 0 aliphatic heterocycles. The van der Waals surface area contributed by atoms with Crippen LogP contribution >= 0.6 is 0 Å². The molecule has 0 bridgehead atoms. The van der Waals surface area contributed by atoms with Gasteiger partial charge in [0.15, 0.2) is 12.2 Å². The Morgan fingerprint density at radius 1 is 1.06 bits per heavy atom. The molecular weight excluding hydrogens is 218 g/mol. The van der Waals surface area contributed by atoms with Gasteiger partial charge >= 0.3 is 11.9 Å². The maximum absolute atomic E-state index is 10.8. The van der Waals surface area contributed by atoms with Crippen LogP contribution in [0.4, 0.5) is 0 Å². The van der Waals surface area contributed by atoms with Crippen molar-refractivity contribution in [2.75, 3.05) is 0 Å². The van der Waals surface area contributed by atoms with Crippen LogP contribution < -0.4 is 0 Å². The molecule has 0 amide bonds. The SMILES string of the molecule is CC(=O)OC(C)C(C(C)OC(C)=O)[N+](=O)[O-]. The van der Waals surface area contributed by atoms with Crippen molar-refractivity contribution in [2.24, 2.45) is 0 Å². The first-order valence-electron chi connectivity index (χ1n) is 4.73. The molecule has 7 heteroatoms. The molecular formula is C9H15NO6. The van der Waals surface area contributed by atoms with Crippen LogP contribution in [0.2, 0.25) is 0 Å². The average molecular weight is 233 g/mol. The Kier molecular flexibility index (Phi) is 5.41. The smallest absolute Gasteiger partial charge is 0.303 e. The number of rotatable bonds is 5. The Balaban J connectivity index is 4.65. The molecule has 0 saturated heterocycles. The van der Waals surface area contributed by atoms with Gasteiger partial charge in [-0.3, -0.25) is 19.7 Å². The van der Waals surface area contributed by atoms with Crippen LogP contribution in [0.15, 0.2) is 0 Å². The second-order valence-electron chi connectivity index (χ2n) is 3.41.